The van der Waals surface area contributed by atoms with Crippen LogP contribution in [0.4, 0.5) is 16.0 Å². The van der Waals surface area contributed by atoms with Crippen LogP contribution in [0.5, 0.6) is 5.75 Å². The van der Waals surface area contributed by atoms with Crippen LogP contribution in [0.3, 0.4) is 0 Å². The molecule has 0 saturated carbocycles. The molecule has 13 heteroatoms. The minimum Gasteiger partial charge on any atom is -0.481 e. The molecule has 0 unspecified atom stereocenters. The molecule has 0 radical (unpaired) electrons. The number of carboxylic acids is 1. The highest BCUT2D eigenvalue weighted by atomic mass is 32.1. The van der Waals surface area contributed by atoms with Crippen molar-refractivity contribution in [1.29, 1.82) is 0 Å². The van der Waals surface area contributed by atoms with Gasteiger partial charge in [0.15, 0.2) is 16.0 Å². The predicted octanol–water partition coefficient (Wildman–Crippen LogP) is 6.95. The number of aromatic carboxylic acids is 1. The molecule has 6 aromatic rings. The van der Waals surface area contributed by atoms with E-state index < -0.39 is 5.97 Å². The highest BCUT2D eigenvalue weighted by Gasteiger charge is 2.26. The summed E-state index contributed by atoms with van der Waals surface area (Å²) in [5.74, 6) is 4.98. The topological polar surface area (TPSA) is 138 Å². The summed E-state index contributed by atoms with van der Waals surface area (Å²) in [6.07, 6.45) is 0.673. The summed E-state index contributed by atoms with van der Waals surface area (Å²) < 4.78 is 6.75. The van der Waals surface area contributed by atoms with E-state index in [1.54, 1.807) is 25.1 Å². The molecule has 3 N–H and O–H groups in total. The molecular formula is C35H25N7O4S2. The zero-order valence-corrected chi connectivity index (χ0v) is 27.0. The van der Waals surface area contributed by atoms with Gasteiger partial charge >= 0.3 is 5.97 Å². The van der Waals surface area contributed by atoms with Crippen LogP contribution in [0.15, 0.2) is 66.7 Å². The molecule has 48 heavy (non-hydrogen) atoms. The first kappa shape index (κ1) is 30.6. The molecular weight excluding hydrogens is 647 g/mol. The fraction of sp³-hybridized carbons (Fsp3) is 0.143. The molecule has 0 atom stereocenters. The van der Waals surface area contributed by atoms with Gasteiger partial charge in [0.1, 0.15) is 17.2 Å². The maximum Gasteiger partial charge on any atom is 0.356 e. The fourth-order valence-electron chi connectivity index (χ4n) is 5.43. The average molecular weight is 672 g/mol. The number of fused-ring (bicyclic) bond motifs is 2. The van der Waals surface area contributed by atoms with Gasteiger partial charge in [-0.05, 0) is 66.3 Å². The zero-order chi connectivity index (χ0) is 33.2. The van der Waals surface area contributed by atoms with Crippen LogP contribution >= 0.6 is 22.7 Å². The van der Waals surface area contributed by atoms with E-state index >= 15 is 0 Å². The van der Waals surface area contributed by atoms with Crippen molar-refractivity contribution >= 4 is 60.7 Å². The molecule has 0 spiro atoms. The largest absolute Gasteiger partial charge is 0.481 e. The number of nitrogens with one attached hydrogen (secondary N) is 2. The zero-order valence-electron chi connectivity index (χ0n) is 25.4. The molecule has 0 fully saturated rings. The quantitative estimate of drug-likeness (QED) is 0.123. The normalized spacial score (nSPS) is 12.1. The number of nitrogens with zero attached hydrogens (tertiary/aromatic N) is 5. The number of rotatable bonds is 7. The van der Waals surface area contributed by atoms with Crippen molar-refractivity contribution in [1.82, 2.24) is 20.2 Å². The minimum atomic E-state index is -1.17. The number of hydrogen-bond donors (Lipinski definition) is 3. The van der Waals surface area contributed by atoms with Crippen LogP contribution < -0.4 is 15.0 Å². The van der Waals surface area contributed by atoms with Crippen molar-refractivity contribution in [2.75, 3.05) is 23.4 Å². The number of anilines is 2. The smallest absolute Gasteiger partial charge is 0.356 e. The van der Waals surface area contributed by atoms with Gasteiger partial charge in [-0.25, -0.2) is 19.6 Å². The van der Waals surface area contributed by atoms with Crippen molar-refractivity contribution < 1.29 is 19.4 Å². The number of H-pyrrole nitrogens is 1. The average Bonchev–Trinajstić information content (AvgIpc) is 3.82. The number of ether oxygens (including phenoxy) is 1. The summed E-state index contributed by atoms with van der Waals surface area (Å²) in [4.78, 5) is 40.3. The highest BCUT2D eigenvalue weighted by Crippen LogP contribution is 2.34. The standard InChI is InChI=1S/C35H25N7O4S2/c1-20-29(36-2)30(41-40-20)22-12-14-23(15-13-22)46-18-6-11-28-31(33(44)45)38-35(48-28)42-17-16-21-7-5-8-24(25(21)19-42)32(43)39-34-37-26-9-3-4-10-27(26)47-34/h3-5,7-10,12-15H,16-19H2,1H3,(H,40,41)(H,44,45)(H,37,39,43). The predicted molar refractivity (Wildman–Crippen MR) is 185 cm³/mol. The number of aromatic amines is 1. The van der Waals surface area contributed by atoms with Crippen LogP contribution in [-0.2, 0) is 13.0 Å². The fourth-order valence-corrected chi connectivity index (χ4v) is 7.25. The molecule has 7 rings (SSSR count). The second-order valence-corrected chi connectivity index (χ2v) is 12.8. The summed E-state index contributed by atoms with van der Waals surface area (Å²) in [5, 5.41) is 20.9. The lowest BCUT2D eigenvalue weighted by atomic mass is 9.94. The van der Waals surface area contributed by atoms with Gasteiger partial charge in [0.05, 0.1) is 22.5 Å². The van der Waals surface area contributed by atoms with Gasteiger partial charge in [-0.15, -0.1) is 0 Å². The number of aromatic nitrogens is 4. The molecule has 1 amide bonds. The van der Waals surface area contributed by atoms with Crippen molar-refractivity contribution in [3.8, 4) is 28.8 Å². The number of carboxylic acid groups (broad SMARTS) is 1. The van der Waals surface area contributed by atoms with Crippen molar-refractivity contribution in [2.24, 2.45) is 0 Å². The van der Waals surface area contributed by atoms with E-state index in [0.717, 1.165) is 26.9 Å². The van der Waals surface area contributed by atoms with Crippen LogP contribution in [0.2, 0.25) is 0 Å². The van der Waals surface area contributed by atoms with Crippen LogP contribution in [0.1, 0.15) is 42.5 Å². The Bertz CT molecular complexity index is 2270. The van der Waals surface area contributed by atoms with Gasteiger partial charge in [-0.3, -0.25) is 15.2 Å². The van der Waals surface area contributed by atoms with Crippen molar-refractivity contribution in [3.63, 3.8) is 0 Å². The second kappa shape index (κ2) is 13.0. The SMILES string of the molecule is [C-]#[N+]c1c(-c2ccc(OCC#Cc3sc(N4CCc5cccc(C(=O)Nc6nc7ccccc7s6)c5C4)nc3C(=O)O)cc2)n[nH]c1C. The van der Waals surface area contributed by atoms with E-state index in [9.17, 15) is 14.7 Å². The first-order valence-corrected chi connectivity index (χ1v) is 16.4. The van der Waals surface area contributed by atoms with Gasteiger partial charge in [0.2, 0.25) is 5.69 Å². The lowest BCUT2D eigenvalue weighted by molar-refractivity contribution is 0.0691. The van der Waals surface area contributed by atoms with E-state index in [2.05, 4.69) is 42.2 Å². The lowest BCUT2D eigenvalue weighted by Crippen LogP contribution is -2.32. The number of hydrogen-bond acceptors (Lipinski definition) is 9. The molecule has 4 heterocycles. The number of amides is 1. The molecule has 3 aromatic carbocycles. The van der Waals surface area contributed by atoms with Gasteiger partial charge in [0, 0.05) is 24.3 Å². The van der Waals surface area contributed by atoms with E-state index in [1.165, 1.54) is 22.7 Å². The third-order valence-electron chi connectivity index (χ3n) is 7.79. The van der Waals surface area contributed by atoms with Crippen LogP contribution in [0.25, 0.3) is 26.3 Å². The number of carbonyl (C=O) groups is 2. The maximum absolute atomic E-state index is 13.4. The minimum absolute atomic E-state index is 0.0324. The van der Waals surface area contributed by atoms with Crippen molar-refractivity contribution in [3.05, 3.63) is 111 Å². The first-order chi connectivity index (χ1) is 23.4. The highest BCUT2D eigenvalue weighted by molar-refractivity contribution is 7.22. The Hall–Kier alpha value is -6.02. The molecule has 1 aliphatic heterocycles. The summed E-state index contributed by atoms with van der Waals surface area (Å²) in [5.41, 5.74) is 5.74. The third-order valence-corrected chi connectivity index (χ3v) is 9.77. The molecule has 11 nitrogen and oxygen atoms in total. The molecule has 3 aromatic heterocycles. The van der Waals surface area contributed by atoms with E-state index in [-0.39, 0.29) is 18.2 Å². The Kier molecular flexibility index (Phi) is 8.29. The van der Waals surface area contributed by atoms with E-state index in [0.29, 0.717) is 63.0 Å². The first-order valence-electron chi connectivity index (χ1n) is 14.8. The number of carbonyl (C=O) groups excluding carboxylic acids is 1. The summed E-state index contributed by atoms with van der Waals surface area (Å²) in [6.45, 7) is 10.2. The Morgan fingerprint density at radius 2 is 1.94 bits per heavy atom. The summed E-state index contributed by atoms with van der Waals surface area (Å²) in [6, 6.07) is 20.6. The third kappa shape index (κ3) is 6.08. The molecule has 0 aliphatic carbocycles. The van der Waals surface area contributed by atoms with Crippen LogP contribution in [0, 0.1) is 25.3 Å². The van der Waals surface area contributed by atoms with Gasteiger partial charge in [-0.1, -0.05) is 65.0 Å². The van der Waals surface area contributed by atoms with E-state index in [4.69, 9.17) is 11.3 Å². The maximum atomic E-state index is 13.4. The lowest BCUT2D eigenvalue weighted by Gasteiger charge is -2.29. The summed E-state index contributed by atoms with van der Waals surface area (Å²) in [7, 11) is 0. The molecule has 0 saturated heterocycles. The van der Waals surface area contributed by atoms with Gasteiger partial charge in [-0.2, -0.15) is 5.10 Å². The van der Waals surface area contributed by atoms with Gasteiger partial charge in [0.25, 0.3) is 5.91 Å². The summed E-state index contributed by atoms with van der Waals surface area (Å²) >= 11 is 2.62. The Morgan fingerprint density at radius 3 is 2.73 bits per heavy atom. The Morgan fingerprint density at radius 1 is 1.10 bits per heavy atom. The molecule has 236 valence electrons. The number of thiazole rings is 2. The van der Waals surface area contributed by atoms with Gasteiger partial charge < -0.3 is 14.7 Å². The van der Waals surface area contributed by atoms with E-state index in [1.807, 2.05) is 53.4 Å². The monoisotopic (exact) mass is 671 g/mol. The second-order valence-electron chi connectivity index (χ2n) is 10.8. The number of benzene rings is 3. The number of aryl methyl sites for hydroxylation is 1. The Balaban J connectivity index is 1.04. The van der Waals surface area contributed by atoms with Crippen molar-refractivity contribution in [2.45, 2.75) is 19.9 Å². The van der Waals surface area contributed by atoms with Crippen LogP contribution in [-0.4, -0.2) is 50.3 Å². The number of para-hydroxylation sites is 1. The Labute approximate surface area is 282 Å². The molecule has 1 aliphatic rings. The molecule has 0 bridgehead atoms.